The number of anilines is 5. The Labute approximate surface area is 304 Å². The van der Waals surface area contributed by atoms with E-state index in [1.165, 1.54) is 69.0 Å². The third kappa shape index (κ3) is 6.64. The van der Waals surface area contributed by atoms with Gasteiger partial charge in [-0.05, 0) is 110 Å². The number of hydrogen-bond donors (Lipinski definition) is 2. The van der Waals surface area contributed by atoms with Crippen LogP contribution in [0.25, 0.3) is 0 Å². The molecule has 9 rings (SSSR count). The first-order chi connectivity index (χ1) is 25.7. The maximum atomic E-state index is 5.15. The average molecular weight is 687 g/mol. The van der Waals surface area contributed by atoms with Crippen molar-refractivity contribution in [2.75, 3.05) is 28.6 Å². The van der Waals surface area contributed by atoms with Crippen molar-refractivity contribution in [1.82, 2.24) is 14.9 Å². The van der Waals surface area contributed by atoms with Gasteiger partial charge in [-0.2, -0.15) is 9.98 Å². The normalized spacial score (nSPS) is 18.7. The Morgan fingerprint density at radius 2 is 1.31 bits per heavy atom. The molecule has 6 heterocycles. The molecule has 0 spiro atoms. The minimum absolute atomic E-state index is 0.535. The van der Waals surface area contributed by atoms with Gasteiger partial charge in [-0.25, -0.2) is 14.9 Å². The Kier molecular flexibility index (Phi) is 8.86. The quantitative estimate of drug-likeness (QED) is 0.179. The Bertz CT molecular complexity index is 2130. The van der Waals surface area contributed by atoms with Crippen molar-refractivity contribution >= 4 is 51.9 Å². The number of hydrogen-bond acceptors (Lipinski definition) is 10. The van der Waals surface area contributed by atoms with Crippen LogP contribution < -0.4 is 15.5 Å². The van der Waals surface area contributed by atoms with Gasteiger partial charge < -0.3 is 15.5 Å². The van der Waals surface area contributed by atoms with Gasteiger partial charge in [0.15, 0.2) is 11.7 Å². The van der Waals surface area contributed by atoms with Crippen LogP contribution in [0, 0.1) is 0 Å². The largest absolute Gasteiger partial charge is 0.371 e. The van der Waals surface area contributed by atoms with Crippen molar-refractivity contribution in [2.45, 2.75) is 63.7 Å². The summed E-state index contributed by atoms with van der Waals surface area (Å²) >= 11 is 0. The molecule has 0 amide bonds. The van der Waals surface area contributed by atoms with Crippen LogP contribution in [0.15, 0.2) is 129 Å². The van der Waals surface area contributed by atoms with E-state index in [0.29, 0.717) is 23.5 Å². The average Bonchev–Trinajstić information content (AvgIpc) is 3.49. The smallest absolute Gasteiger partial charge is 0.241 e. The summed E-state index contributed by atoms with van der Waals surface area (Å²) in [5.41, 5.74) is 8.05. The topological polar surface area (TPSA) is 106 Å². The third-order valence-electron chi connectivity index (χ3n) is 10.5. The lowest BCUT2D eigenvalue weighted by atomic mass is 9.90. The van der Waals surface area contributed by atoms with E-state index < -0.39 is 0 Å². The second-order valence-electron chi connectivity index (χ2n) is 14.0. The summed E-state index contributed by atoms with van der Waals surface area (Å²) in [5.74, 6) is 3.74. The number of nitrogens with one attached hydrogen (secondary N) is 2. The van der Waals surface area contributed by atoms with Crippen LogP contribution in [0.3, 0.4) is 0 Å². The van der Waals surface area contributed by atoms with Gasteiger partial charge in [-0.15, -0.1) is 0 Å². The molecule has 10 nitrogen and oxygen atoms in total. The van der Waals surface area contributed by atoms with Gasteiger partial charge in [0.25, 0.3) is 0 Å². The first-order valence-corrected chi connectivity index (χ1v) is 18.7. The number of rotatable bonds is 8. The summed E-state index contributed by atoms with van der Waals surface area (Å²) in [7, 11) is 0. The highest BCUT2D eigenvalue weighted by atomic mass is 15.4. The fourth-order valence-electron chi connectivity index (χ4n) is 7.78. The van der Waals surface area contributed by atoms with Crippen molar-refractivity contribution in [3.8, 4) is 0 Å². The number of benzene rings is 2. The lowest BCUT2D eigenvalue weighted by molar-refractivity contribution is 0.578. The van der Waals surface area contributed by atoms with Gasteiger partial charge in [0, 0.05) is 48.0 Å². The molecule has 2 N–H and O–H groups in total. The summed E-state index contributed by atoms with van der Waals surface area (Å²) in [6, 6.07) is 21.2. The molecule has 10 heteroatoms. The van der Waals surface area contributed by atoms with Crippen LogP contribution in [0.5, 0.6) is 0 Å². The predicted octanol–water partition coefficient (Wildman–Crippen LogP) is 9.08. The van der Waals surface area contributed by atoms with E-state index in [1.807, 2.05) is 59.8 Å². The van der Waals surface area contributed by atoms with Crippen molar-refractivity contribution in [2.24, 2.45) is 20.0 Å². The Morgan fingerprint density at radius 3 is 2.02 bits per heavy atom. The molecule has 0 radical (unpaired) electrons. The maximum absolute atomic E-state index is 5.15. The minimum atomic E-state index is 0.535. The van der Waals surface area contributed by atoms with Gasteiger partial charge in [-0.3, -0.25) is 9.97 Å². The predicted molar refractivity (Wildman–Crippen MR) is 211 cm³/mol. The fourth-order valence-corrected chi connectivity index (χ4v) is 7.78. The lowest BCUT2D eigenvalue weighted by Crippen LogP contribution is -2.41. The zero-order valence-corrected chi connectivity index (χ0v) is 29.2. The van der Waals surface area contributed by atoms with E-state index in [0.717, 1.165) is 58.6 Å². The van der Waals surface area contributed by atoms with E-state index in [1.54, 1.807) is 12.4 Å². The first kappa shape index (κ1) is 32.0. The number of pyridine rings is 2. The van der Waals surface area contributed by atoms with E-state index in [2.05, 4.69) is 61.9 Å². The summed E-state index contributed by atoms with van der Waals surface area (Å²) in [6.45, 7) is 2.12. The van der Waals surface area contributed by atoms with Gasteiger partial charge in [0.1, 0.15) is 11.7 Å². The monoisotopic (exact) mass is 686 g/mol. The summed E-state index contributed by atoms with van der Waals surface area (Å²) in [5, 5.41) is 7.27. The van der Waals surface area contributed by atoms with E-state index in [4.69, 9.17) is 20.0 Å². The standard InChI is InChI=1S/C42H42N10/c1-2-5-12-29(11-4-1)30-17-19-34(36(25-30)45-31-13-9-21-43-27-31)40-47-38-15-8-16-39-48-41(50-42(49-40)52(38)39)35-20-18-33(51-23-6-3-7-24-51)26-37(35)46-32-14-10-22-44-28-32/h8-10,13-22,25-29,45-46H,1-7,11-12,23-24H2. The molecule has 1 aliphatic carbocycles. The fraction of sp³-hybridized carbons (Fsp3) is 0.286. The molecule has 4 aliphatic heterocycles. The van der Waals surface area contributed by atoms with Crippen LogP contribution in [0.4, 0.5) is 28.4 Å². The van der Waals surface area contributed by atoms with E-state index in [9.17, 15) is 0 Å². The molecule has 4 aromatic rings. The molecule has 1 saturated carbocycles. The molecule has 52 heavy (non-hydrogen) atoms. The molecule has 0 unspecified atom stereocenters. The molecule has 260 valence electrons. The molecule has 2 fully saturated rings. The van der Waals surface area contributed by atoms with Gasteiger partial charge in [0.05, 0.1) is 29.5 Å². The van der Waals surface area contributed by atoms with E-state index in [-0.39, 0.29) is 0 Å². The van der Waals surface area contributed by atoms with Crippen LogP contribution in [0.1, 0.15) is 80.4 Å². The first-order valence-electron chi connectivity index (χ1n) is 18.7. The van der Waals surface area contributed by atoms with Gasteiger partial charge >= 0.3 is 0 Å². The maximum Gasteiger partial charge on any atom is 0.241 e. The molecular weight excluding hydrogens is 645 g/mol. The minimum Gasteiger partial charge on any atom is -0.371 e. The number of allylic oxidation sites excluding steroid dienone is 2. The second-order valence-corrected chi connectivity index (χ2v) is 14.0. The number of aromatic nitrogens is 2. The highest BCUT2D eigenvalue weighted by molar-refractivity contribution is 6.26. The molecular formula is C42H42N10. The Morgan fingerprint density at radius 1 is 0.635 bits per heavy atom. The summed E-state index contributed by atoms with van der Waals surface area (Å²) < 4.78 is 0. The zero-order valence-electron chi connectivity index (χ0n) is 29.2. The number of aliphatic imine (C=N–C) groups is 4. The molecule has 0 bridgehead atoms. The highest BCUT2D eigenvalue weighted by Crippen LogP contribution is 2.36. The number of amidine groups is 3. The summed E-state index contributed by atoms with van der Waals surface area (Å²) in [6.07, 6.45) is 24.6. The number of nitrogens with zero attached hydrogens (tertiary/aromatic N) is 8. The molecule has 2 aromatic carbocycles. The lowest BCUT2D eigenvalue weighted by Gasteiger charge is -2.32. The van der Waals surface area contributed by atoms with Crippen LogP contribution in [-0.4, -0.2) is 51.4 Å². The second kappa shape index (κ2) is 14.4. The molecule has 1 saturated heterocycles. The van der Waals surface area contributed by atoms with Crippen molar-refractivity contribution in [3.63, 3.8) is 0 Å². The summed E-state index contributed by atoms with van der Waals surface area (Å²) in [4.78, 5) is 33.5. The molecule has 0 atom stereocenters. The van der Waals surface area contributed by atoms with E-state index >= 15 is 0 Å². The van der Waals surface area contributed by atoms with Crippen molar-refractivity contribution in [1.29, 1.82) is 0 Å². The SMILES string of the molecule is C1=CC2=NC(c3ccc(C4CCCCCC4)cc3Nc3cccnc3)=NC3=NC(c4ccc(N5CCCCC5)cc4Nc4cccnc4)=NC(=C1)N23. The van der Waals surface area contributed by atoms with Crippen LogP contribution in [0.2, 0.25) is 0 Å². The molecule has 5 aliphatic rings. The van der Waals surface area contributed by atoms with Crippen LogP contribution >= 0.6 is 0 Å². The molecule has 2 aromatic heterocycles. The Balaban J connectivity index is 1.12. The van der Waals surface area contributed by atoms with Crippen LogP contribution in [-0.2, 0) is 0 Å². The van der Waals surface area contributed by atoms with Crippen molar-refractivity contribution < 1.29 is 0 Å². The Hall–Kier alpha value is -5.90. The zero-order chi connectivity index (χ0) is 34.7. The van der Waals surface area contributed by atoms with Gasteiger partial charge in [-0.1, -0.05) is 37.8 Å². The van der Waals surface area contributed by atoms with Gasteiger partial charge in [0.2, 0.25) is 5.96 Å². The third-order valence-corrected chi connectivity index (χ3v) is 10.5. The number of piperidine rings is 1. The number of guanidine groups is 1. The highest BCUT2D eigenvalue weighted by Gasteiger charge is 2.32. The van der Waals surface area contributed by atoms with Crippen molar-refractivity contribution in [3.05, 3.63) is 126 Å².